The molecule has 63 heavy (non-hydrogen) atoms. The Kier molecular flexibility index (Phi) is 50.5. The van der Waals surface area contributed by atoms with Crippen molar-refractivity contribution < 1.29 is 24.2 Å². The second-order valence-corrected chi connectivity index (χ2v) is 17.2. The van der Waals surface area contributed by atoms with Crippen molar-refractivity contribution in [2.24, 2.45) is 0 Å². The minimum atomic E-state index is -0.780. The van der Waals surface area contributed by atoms with Crippen molar-refractivity contribution in [2.75, 3.05) is 13.2 Å². The third kappa shape index (κ3) is 51.3. The van der Waals surface area contributed by atoms with Crippen molar-refractivity contribution in [2.45, 2.75) is 245 Å². The second kappa shape index (κ2) is 53.2. The van der Waals surface area contributed by atoms with Crippen LogP contribution < -0.4 is 0 Å². The number of unbranched alkanes of at least 4 members (excludes halogenated alkanes) is 23. The minimum absolute atomic E-state index is 0.0730. The molecule has 0 aromatic carbocycles. The largest absolute Gasteiger partial charge is 0.462 e. The first-order valence-corrected chi connectivity index (χ1v) is 26.3. The smallest absolute Gasteiger partial charge is 0.306 e. The molecule has 1 unspecified atom stereocenters. The third-order valence-electron chi connectivity index (χ3n) is 11.1. The van der Waals surface area contributed by atoms with Crippen molar-refractivity contribution in [3.63, 3.8) is 0 Å². The van der Waals surface area contributed by atoms with Gasteiger partial charge in [-0.1, -0.05) is 227 Å². The Morgan fingerprint density at radius 2 is 0.683 bits per heavy atom. The van der Waals surface area contributed by atoms with E-state index in [9.17, 15) is 14.7 Å². The first kappa shape index (κ1) is 59.8. The second-order valence-electron chi connectivity index (χ2n) is 17.2. The van der Waals surface area contributed by atoms with E-state index in [4.69, 9.17) is 9.47 Å². The van der Waals surface area contributed by atoms with Gasteiger partial charge in [-0.05, 0) is 96.3 Å². The van der Waals surface area contributed by atoms with Crippen LogP contribution in [0.25, 0.3) is 0 Å². The SMILES string of the molecule is CC/C=C\C/C=C\C/C=C\C/C=C\C/C=C\C/C=C\C/C=C\CCCCCCCCCCCCCCCC(=O)OC(CO)COC(=O)CCCCCCC/C=C\CCCCCCC. The Balaban J connectivity index is 3.53. The topological polar surface area (TPSA) is 72.8 Å². The number of carbonyl (C=O) groups is 2. The zero-order valence-electron chi connectivity index (χ0n) is 41.1. The van der Waals surface area contributed by atoms with Gasteiger partial charge in [0.2, 0.25) is 0 Å². The van der Waals surface area contributed by atoms with E-state index < -0.39 is 6.10 Å². The first-order valence-electron chi connectivity index (χ1n) is 26.3. The van der Waals surface area contributed by atoms with Crippen molar-refractivity contribution in [1.82, 2.24) is 0 Å². The van der Waals surface area contributed by atoms with E-state index in [1.165, 1.54) is 122 Å². The zero-order chi connectivity index (χ0) is 45.6. The average Bonchev–Trinajstić information content (AvgIpc) is 3.29. The van der Waals surface area contributed by atoms with Crippen LogP contribution in [0.1, 0.15) is 239 Å². The highest BCUT2D eigenvalue weighted by molar-refractivity contribution is 5.70. The molecule has 5 heteroatoms. The predicted molar refractivity (Wildman–Crippen MR) is 274 cm³/mol. The number of esters is 2. The average molecular weight is 875 g/mol. The lowest BCUT2D eigenvalue weighted by atomic mass is 10.0. The first-order chi connectivity index (χ1) is 31.1. The molecule has 0 aromatic heterocycles. The van der Waals surface area contributed by atoms with E-state index in [2.05, 4.69) is 111 Å². The minimum Gasteiger partial charge on any atom is -0.462 e. The van der Waals surface area contributed by atoms with Gasteiger partial charge in [-0.15, -0.1) is 0 Å². The number of carbonyl (C=O) groups excluding carboxylic acids is 2. The van der Waals surface area contributed by atoms with Gasteiger partial charge in [-0.2, -0.15) is 0 Å². The highest BCUT2D eigenvalue weighted by atomic mass is 16.6. The van der Waals surface area contributed by atoms with E-state index in [1.54, 1.807) is 0 Å². The summed E-state index contributed by atoms with van der Waals surface area (Å²) in [5.74, 6) is -0.602. The molecule has 1 N–H and O–H groups in total. The lowest BCUT2D eigenvalue weighted by molar-refractivity contribution is -0.161. The summed E-state index contributed by atoms with van der Waals surface area (Å²) >= 11 is 0. The van der Waals surface area contributed by atoms with Crippen LogP contribution in [0, 0.1) is 0 Å². The van der Waals surface area contributed by atoms with Crippen molar-refractivity contribution in [1.29, 1.82) is 0 Å². The van der Waals surface area contributed by atoms with Crippen molar-refractivity contribution in [3.8, 4) is 0 Å². The molecule has 0 aliphatic rings. The van der Waals surface area contributed by atoms with Crippen LogP contribution >= 0.6 is 0 Å². The van der Waals surface area contributed by atoms with E-state index >= 15 is 0 Å². The molecule has 0 aliphatic heterocycles. The van der Waals surface area contributed by atoms with Gasteiger partial charge in [0.05, 0.1) is 6.61 Å². The summed E-state index contributed by atoms with van der Waals surface area (Å²) in [5, 5.41) is 9.61. The molecule has 0 fully saturated rings. The predicted octanol–water partition coefficient (Wildman–Crippen LogP) is 17.6. The van der Waals surface area contributed by atoms with E-state index in [0.717, 1.165) is 89.9 Å². The van der Waals surface area contributed by atoms with Crippen LogP contribution in [0.4, 0.5) is 0 Å². The van der Waals surface area contributed by atoms with Crippen molar-refractivity contribution >= 4 is 11.9 Å². The van der Waals surface area contributed by atoms with Gasteiger partial charge in [0.25, 0.3) is 0 Å². The quantitative estimate of drug-likeness (QED) is 0.0375. The maximum atomic E-state index is 12.3. The maximum absolute atomic E-state index is 12.3. The Morgan fingerprint density at radius 3 is 1.05 bits per heavy atom. The van der Waals surface area contributed by atoms with Crippen LogP contribution in [0.15, 0.2) is 97.2 Å². The summed E-state index contributed by atoms with van der Waals surface area (Å²) in [6, 6.07) is 0. The molecule has 0 aliphatic carbocycles. The summed E-state index contributed by atoms with van der Waals surface area (Å²) in [6.07, 6.45) is 75.1. The standard InChI is InChI=1S/C58H98O5/c1-3-5-7-9-11-13-15-17-19-20-21-22-23-24-25-26-27-28-29-30-31-32-33-34-35-36-37-38-39-41-43-45-47-49-51-53-58(61)63-56(54-59)55-62-57(60)52-50-48-46-44-42-40-18-16-14-12-10-8-6-4-2/h5,7,11,13,16-19,21-22,24-25,27-28,30-31,56,59H,3-4,6,8-10,12,14-15,20,23,26,29,32-55H2,1-2H3/b7-5-,13-11-,18-16-,19-17-,22-21-,25-24-,28-27-,31-30-. The molecule has 0 heterocycles. The molecule has 5 nitrogen and oxygen atoms in total. The molecule has 0 saturated carbocycles. The number of hydrogen-bond donors (Lipinski definition) is 1. The molecular weight excluding hydrogens is 777 g/mol. The fourth-order valence-electron chi connectivity index (χ4n) is 7.18. The molecule has 0 radical (unpaired) electrons. The van der Waals surface area contributed by atoms with E-state index in [1.807, 2.05) is 0 Å². The van der Waals surface area contributed by atoms with Gasteiger partial charge < -0.3 is 14.6 Å². The molecule has 0 aromatic rings. The van der Waals surface area contributed by atoms with Crippen LogP contribution in [0.3, 0.4) is 0 Å². The number of ether oxygens (including phenoxy) is 2. The van der Waals surface area contributed by atoms with Gasteiger partial charge in [0.1, 0.15) is 6.61 Å². The summed E-state index contributed by atoms with van der Waals surface area (Å²) in [4.78, 5) is 24.4. The highest BCUT2D eigenvalue weighted by Crippen LogP contribution is 2.15. The molecule has 0 bridgehead atoms. The van der Waals surface area contributed by atoms with Crippen LogP contribution in [-0.2, 0) is 19.1 Å². The number of aliphatic hydroxyl groups is 1. The number of hydrogen-bond acceptors (Lipinski definition) is 5. The van der Waals surface area contributed by atoms with Crippen LogP contribution in [0.5, 0.6) is 0 Å². The maximum Gasteiger partial charge on any atom is 0.306 e. The molecule has 0 amide bonds. The Labute approximate surface area is 389 Å². The Bertz CT molecular complexity index is 1220. The van der Waals surface area contributed by atoms with Crippen LogP contribution in [0.2, 0.25) is 0 Å². The summed E-state index contributed by atoms with van der Waals surface area (Å²) in [7, 11) is 0. The van der Waals surface area contributed by atoms with E-state index in [-0.39, 0.29) is 25.2 Å². The van der Waals surface area contributed by atoms with Crippen molar-refractivity contribution in [3.05, 3.63) is 97.2 Å². The monoisotopic (exact) mass is 875 g/mol. The third-order valence-corrected chi connectivity index (χ3v) is 11.1. The number of allylic oxidation sites excluding steroid dienone is 16. The molecular formula is C58H98O5. The van der Waals surface area contributed by atoms with Gasteiger partial charge in [-0.25, -0.2) is 0 Å². The zero-order valence-corrected chi connectivity index (χ0v) is 41.1. The van der Waals surface area contributed by atoms with E-state index in [0.29, 0.717) is 12.8 Å². The lowest BCUT2D eigenvalue weighted by Crippen LogP contribution is -2.28. The van der Waals surface area contributed by atoms with Gasteiger partial charge in [0.15, 0.2) is 6.10 Å². The summed E-state index contributed by atoms with van der Waals surface area (Å²) < 4.78 is 10.7. The van der Waals surface area contributed by atoms with Gasteiger partial charge in [0, 0.05) is 12.8 Å². The summed E-state index contributed by atoms with van der Waals surface area (Å²) in [5.41, 5.74) is 0. The molecule has 1 atom stereocenters. The fraction of sp³-hybridized carbons (Fsp3) is 0.690. The molecule has 0 spiro atoms. The van der Waals surface area contributed by atoms with Gasteiger partial charge in [-0.3, -0.25) is 9.59 Å². The molecule has 0 rings (SSSR count). The van der Waals surface area contributed by atoms with Gasteiger partial charge >= 0.3 is 11.9 Å². The fourth-order valence-corrected chi connectivity index (χ4v) is 7.18. The molecule has 0 saturated heterocycles. The number of aliphatic hydroxyl groups excluding tert-OH is 1. The Hall–Kier alpha value is -3.18. The highest BCUT2D eigenvalue weighted by Gasteiger charge is 2.16. The molecule has 360 valence electrons. The lowest BCUT2D eigenvalue weighted by Gasteiger charge is -2.15. The van der Waals surface area contributed by atoms with Crippen LogP contribution in [-0.4, -0.2) is 36.4 Å². The normalized spacial score (nSPS) is 13.0. The Morgan fingerprint density at radius 1 is 0.381 bits per heavy atom. The number of rotatable bonds is 47. The summed E-state index contributed by atoms with van der Waals surface area (Å²) in [6.45, 7) is 4.01.